The first-order valence-corrected chi connectivity index (χ1v) is 3.74. The number of nitrogen functional groups attached to an aromatic ring is 1. The van der Waals surface area contributed by atoms with Crippen LogP contribution < -0.4 is 5.73 Å². The molecule has 12 heavy (non-hydrogen) atoms. The van der Waals surface area contributed by atoms with Crippen molar-refractivity contribution in [3.05, 3.63) is 17.8 Å². The van der Waals surface area contributed by atoms with Crippen LogP contribution in [0.15, 0.2) is 12.1 Å². The molecule has 0 amide bonds. The van der Waals surface area contributed by atoms with E-state index in [2.05, 4.69) is 10.1 Å². The van der Waals surface area contributed by atoms with Gasteiger partial charge in [-0.1, -0.05) is 0 Å². The van der Waals surface area contributed by atoms with Crippen LogP contribution in [0, 0.1) is 6.92 Å². The van der Waals surface area contributed by atoms with Crippen molar-refractivity contribution in [2.24, 2.45) is 7.05 Å². The maximum atomic E-state index is 5.55. The second-order valence-electron chi connectivity index (χ2n) is 2.82. The minimum Gasteiger partial charge on any atom is -0.384 e. The molecule has 2 aromatic rings. The van der Waals surface area contributed by atoms with Gasteiger partial charge in [0.05, 0.1) is 5.69 Å². The van der Waals surface area contributed by atoms with Crippen molar-refractivity contribution in [2.75, 3.05) is 5.73 Å². The van der Waals surface area contributed by atoms with E-state index in [0.717, 1.165) is 16.7 Å². The van der Waals surface area contributed by atoms with Crippen LogP contribution in [0.4, 0.5) is 5.82 Å². The lowest BCUT2D eigenvalue weighted by atomic mass is 10.3. The summed E-state index contributed by atoms with van der Waals surface area (Å²) in [5, 5.41) is 5.29. The molecular weight excluding hydrogens is 152 g/mol. The lowest BCUT2D eigenvalue weighted by molar-refractivity contribution is 0.774. The van der Waals surface area contributed by atoms with Crippen LogP contribution in [-0.2, 0) is 7.05 Å². The second-order valence-corrected chi connectivity index (χ2v) is 2.82. The summed E-state index contributed by atoms with van der Waals surface area (Å²) >= 11 is 0. The summed E-state index contributed by atoms with van der Waals surface area (Å²) in [5.74, 6) is 0.533. The number of nitrogens with zero attached hydrogens (tertiary/aromatic N) is 3. The first-order chi connectivity index (χ1) is 5.68. The van der Waals surface area contributed by atoms with Gasteiger partial charge in [-0.2, -0.15) is 5.10 Å². The Hall–Kier alpha value is -1.58. The largest absolute Gasteiger partial charge is 0.384 e. The summed E-state index contributed by atoms with van der Waals surface area (Å²) in [6.45, 7) is 1.96. The number of anilines is 1. The van der Waals surface area contributed by atoms with Gasteiger partial charge in [0.1, 0.15) is 5.82 Å². The molecule has 2 rings (SSSR count). The Bertz CT molecular complexity index is 430. The molecule has 0 atom stereocenters. The van der Waals surface area contributed by atoms with Crippen LogP contribution in [0.2, 0.25) is 0 Å². The van der Waals surface area contributed by atoms with E-state index in [1.807, 2.05) is 20.0 Å². The van der Waals surface area contributed by atoms with E-state index in [1.165, 1.54) is 0 Å². The van der Waals surface area contributed by atoms with E-state index in [-0.39, 0.29) is 0 Å². The van der Waals surface area contributed by atoms with Crippen LogP contribution in [0.5, 0.6) is 0 Å². The number of fused-ring (bicyclic) bond motifs is 1. The normalized spacial score (nSPS) is 10.8. The molecule has 4 nitrogen and oxygen atoms in total. The molecule has 0 aliphatic carbocycles. The fourth-order valence-electron chi connectivity index (χ4n) is 1.32. The van der Waals surface area contributed by atoms with Crippen LogP contribution in [-0.4, -0.2) is 14.8 Å². The zero-order chi connectivity index (χ0) is 8.72. The number of nitrogens with two attached hydrogens (primary N) is 1. The second kappa shape index (κ2) is 2.20. The summed E-state index contributed by atoms with van der Waals surface area (Å²) in [5.41, 5.74) is 7.38. The molecule has 0 saturated carbocycles. The van der Waals surface area contributed by atoms with E-state index in [0.29, 0.717) is 5.82 Å². The van der Waals surface area contributed by atoms with E-state index in [4.69, 9.17) is 5.73 Å². The van der Waals surface area contributed by atoms with E-state index >= 15 is 0 Å². The van der Waals surface area contributed by atoms with Gasteiger partial charge in [-0.15, -0.1) is 0 Å². The first-order valence-electron chi connectivity index (χ1n) is 3.74. The molecule has 0 aliphatic rings. The average Bonchev–Trinajstić information content (AvgIpc) is 2.28. The summed E-state index contributed by atoms with van der Waals surface area (Å²) in [6.07, 6.45) is 0. The molecule has 0 aromatic carbocycles. The van der Waals surface area contributed by atoms with Gasteiger partial charge in [-0.3, -0.25) is 4.68 Å². The van der Waals surface area contributed by atoms with Gasteiger partial charge in [0, 0.05) is 12.4 Å². The van der Waals surface area contributed by atoms with Gasteiger partial charge < -0.3 is 5.73 Å². The Labute approximate surface area is 70.0 Å². The first kappa shape index (κ1) is 7.09. The molecule has 0 unspecified atom stereocenters. The van der Waals surface area contributed by atoms with Gasteiger partial charge in [-0.25, -0.2) is 4.98 Å². The SMILES string of the molecule is Cc1nn(C)c2nc(N)ccc12. The molecule has 2 N–H and O–H groups in total. The molecule has 0 aliphatic heterocycles. The quantitative estimate of drug-likeness (QED) is 0.625. The monoisotopic (exact) mass is 162 g/mol. The molecule has 62 valence electrons. The Kier molecular flexibility index (Phi) is 1.30. The number of pyridine rings is 1. The summed E-state index contributed by atoms with van der Waals surface area (Å²) in [7, 11) is 1.86. The van der Waals surface area contributed by atoms with Crippen LogP contribution in [0.25, 0.3) is 11.0 Å². The number of hydrogen-bond donors (Lipinski definition) is 1. The van der Waals surface area contributed by atoms with Gasteiger partial charge in [0.15, 0.2) is 5.65 Å². The number of rotatable bonds is 0. The molecule has 2 heterocycles. The smallest absolute Gasteiger partial charge is 0.160 e. The highest BCUT2D eigenvalue weighted by molar-refractivity contribution is 5.79. The maximum Gasteiger partial charge on any atom is 0.160 e. The van der Waals surface area contributed by atoms with Crippen LogP contribution >= 0.6 is 0 Å². The minimum atomic E-state index is 0.533. The lowest BCUT2D eigenvalue weighted by Gasteiger charge is -1.93. The molecule has 0 bridgehead atoms. The highest BCUT2D eigenvalue weighted by Gasteiger charge is 2.04. The number of aromatic nitrogens is 3. The average molecular weight is 162 g/mol. The van der Waals surface area contributed by atoms with Gasteiger partial charge in [0.2, 0.25) is 0 Å². The Balaban J connectivity index is 2.90. The maximum absolute atomic E-state index is 5.55. The Morgan fingerprint density at radius 2 is 2.17 bits per heavy atom. The van der Waals surface area contributed by atoms with Gasteiger partial charge in [0.25, 0.3) is 0 Å². The number of hydrogen-bond acceptors (Lipinski definition) is 3. The molecule has 0 radical (unpaired) electrons. The highest BCUT2D eigenvalue weighted by atomic mass is 15.3. The number of aryl methyl sites for hydroxylation is 2. The van der Waals surface area contributed by atoms with Crippen molar-refractivity contribution in [1.29, 1.82) is 0 Å². The molecule has 0 spiro atoms. The summed E-state index contributed by atoms with van der Waals surface area (Å²) in [4.78, 5) is 4.17. The Morgan fingerprint density at radius 3 is 2.92 bits per heavy atom. The third-order valence-electron chi connectivity index (χ3n) is 1.89. The van der Waals surface area contributed by atoms with Gasteiger partial charge >= 0.3 is 0 Å². The van der Waals surface area contributed by atoms with E-state index in [9.17, 15) is 0 Å². The zero-order valence-corrected chi connectivity index (χ0v) is 7.07. The molecular formula is C8H10N4. The minimum absolute atomic E-state index is 0.533. The van der Waals surface area contributed by atoms with Gasteiger partial charge in [-0.05, 0) is 19.1 Å². The molecule has 4 heteroatoms. The predicted molar refractivity (Wildman–Crippen MR) is 47.7 cm³/mol. The van der Waals surface area contributed by atoms with E-state index in [1.54, 1.807) is 10.7 Å². The standard InChI is InChI=1S/C8H10N4/c1-5-6-3-4-7(9)10-8(6)12(2)11-5/h3-4H,1-2H3,(H2,9,10). The highest BCUT2D eigenvalue weighted by Crippen LogP contribution is 2.15. The lowest BCUT2D eigenvalue weighted by Crippen LogP contribution is -1.94. The Morgan fingerprint density at radius 1 is 1.42 bits per heavy atom. The predicted octanol–water partition coefficient (Wildman–Crippen LogP) is 0.859. The van der Waals surface area contributed by atoms with Crippen molar-refractivity contribution >= 4 is 16.9 Å². The third-order valence-corrected chi connectivity index (χ3v) is 1.89. The topological polar surface area (TPSA) is 56.7 Å². The summed E-state index contributed by atoms with van der Waals surface area (Å²) < 4.78 is 1.74. The van der Waals surface area contributed by atoms with Crippen LogP contribution in [0.1, 0.15) is 5.69 Å². The van der Waals surface area contributed by atoms with Crippen molar-refractivity contribution in [2.45, 2.75) is 6.92 Å². The van der Waals surface area contributed by atoms with E-state index < -0.39 is 0 Å². The fourth-order valence-corrected chi connectivity index (χ4v) is 1.32. The molecule has 0 fully saturated rings. The summed E-state index contributed by atoms with van der Waals surface area (Å²) in [6, 6.07) is 3.73. The van der Waals surface area contributed by atoms with Crippen molar-refractivity contribution in [3.63, 3.8) is 0 Å². The molecule has 0 saturated heterocycles. The van der Waals surface area contributed by atoms with Crippen LogP contribution in [0.3, 0.4) is 0 Å². The van der Waals surface area contributed by atoms with Crippen molar-refractivity contribution in [1.82, 2.24) is 14.8 Å². The third kappa shape index (κ3) is 0.845. The molecule has 2 aromatic heterocycles. The van der Waals surface area contributed by atoms with Crippen molar-refractivity contribution < 1.29 is 0 Å². The van der Waals surface area contributed by atoms with Crippen molar-refractivity contribution in [3.8, 4) is 0 Å². The zero-order valence-electron chi connectivity index (χ0n) is 7.07. The fraction of sp³-hybridized carbons (Fsp3) is 0.250.